The van der Waals surface area contributed by atoms with E-state index in [0.717, 1.165) is 28.9 Å². The Kier molecular flexibility index (Phi) is 4.47. The van der Waals surface area contributed by atoms with E-state index in [1.165, 1.54) is 0 Å². The SMILES string of the molecule is COc1ccc(Br)cc1N1CCC(NC(C)C)C1=O. The molecule has 1 atom stereocenters. The van der Waals surface area contributed by atoms with Crippen molar-refractivity contribution in [2.75, 3.05) is 18.6 Å². The van der Waals surface area contributed by atoms with Gasteiger partial charge in [-0.2, -0.15) is 0 Å². The van der Waals surface area contributed by atoms with E-state index < -0.39 is 0 Å². The van der Waals surface area contributed by atoms with E-state index in [2.05, 4.69) is 35.1 Å². The van der Waals surface area contributed by atoms with E-state index in [0.29, 0.717) is 6.04 Å². The fourth-order valence-corrected chi connectivity index (χ4v) is 2.70. The van der Waals surface area contributed by atoms with E-state index in [1.807, 2.05) is 18.2 Å². The summed E-state index contributed by atoms with van der Waals surface area (Å²) >= 11 is 3.44. The number of carbonyl (C=O) groups is 1. The number of amides is 1. The number of methoxy groups -OCH3 is 1. The van der Waals surface area contributed by atoms with Gasteiger partial charge in [0.2, 0.25) is 5.91 Å². The Morgan fingerprint density at radius 3 is 2.84 bits per heavy atom. The van der Waals surface area contributed by atoms with Crippen molar-refractivity contribution < 1.29 is 9.53 Å². The quantitative estimate of drug-likeness (QED) is 0.924. The highest BCUT2D eigenvalue weighted by atomic mass is 79.9. The minimum absolute atomic E-state index is 0.0938. The first-order valence-electron chi connectivity index (χ1n) is 6.44. The second-order valence-corrected chi connectivity index (χ2v) is 5.88. The standard InChI is InChI=1S/C14H19BrN2O2/c1-9(2)16-11-6-7-17(14(11)18)12-8-10(15)4-5-13(12)19-3/h4-5,8-9,11,16H,6-7H2,1-3H3. The van der Waals surface area contributed by atoms with Crippen LogP contribution in [0.15, 0.2) is 22.7 Å². The number of benzene rings is 1. The molecule has 1 fully saturated rings. The highest BCUT2D eigenvalue weighted by molar-refractivity contribution is 9.10. The largest absolute Gasteiger partial charge is 0.495 e. The third-order valence-electron chi connectivity index (χ3n) is 3.17. The van der Waals surface area contributed by atoms with Crippen LogP contribution in [0.1, 0.15) is 20.3 Å². The summed E-state index contributed by atoms with van der Waals surface area (Å²) in [5, 5.41) is 3.30. The van der Waals surface area contributed by atoms with E-state index >= 15 is 0 Å². The van der Waals surface area contributed by atoms with Gasteiger partial charge in [0.15, 0.2) is 0 Å². The Balaban J connectivity index is 2.24. The Bertz CT molecular complexity index is 477. The van der Waals surface area contributed by atoms with Crippen molar-refractivity contribution >= 4 is 27.5 Å². The number of rotatable bonds is 4. The van der Waals surface area contributed by atoms with E-state index in [9.17, 15) is 4.79 Å². The second-order valence-electron chi connectivity index (χ2n) is 4.97. The maximum absolute atomic E-state index is 12.4. The molecule has 1 heterocycles. The molecular weight excluding hydrogens is 308 g/mol. The van der Waals surface area contributed by atoms with Crippen LogP contribution >= 0.6 is 15.9 Å². The average molecular weight is 327 g/mol. The van der Waals surface area contributed by atoms with Gasteiger partial charge >= 0.3 is 0 Å². The fraction of sp³-hybridized carbons (Fsp3) is 0.500. The van der Waals surface area contributed by atoms with Crippen molar-refractivity contribution in [3.63, 3.8) is 0 Å². The van der Waals surface area contributed by atoms with Gasteiger partial charge in [0.05, 0.1) is 18.8 Å². The van der Waals surface area contributed by atoms with Crippen molar-refractivity contribution in [3.05, 3.63) is 22.7 Å². The number of hydrogen-bond acceptors (Lipinski definition) is 3. The molecule has 104 valence electrons. The number of nitrogens with one attached hydrogen (secondary N) is 1. The molecule has 1 N–H and O–H groups in total. The molecule has 2 rings (SSSR count). The number of hydrogen-bond donors (Lipinski definition) is 1. The van der Waals surface area contributed by atoms with E-state index in [-0.39, 0.29) is 11.9 Å². The van der Waals surface area contributed by atoms with Crippen LogP contribution < -0.4 is 15.0 Å². The highest BCUT2D eigenvalue weighted by Crippen LogP contribution is 2.34. The molecular formula is C14H19BrN2O2. The zero-order valence-electron chi connectivity index (χ0n) is 11.4. The van der Waals surface area contributed by atoms with Crippen molar-refractivity contribution in [3.8, 4) is 5.75 Å². The summed E-state index contributed by atoms with van der Waals surface area (Å²) < 4.78 is 6.28. The van der Waals surface area contributed by atoms with Crippen LogP contribution in [0.5, 0.6) is 5.75 Å². The van der Waals surface area contributed by atoms with Gasteiger partial charge < -0.3 is 15.0 Å². The summed E-state index contributed by atoms with van der Waals surface area (Å²) in [6.07, 6.45) is 0.826. The third-order valence-corrected chi connectivity index (χ3v) is 3.66. The maximum atomic E-state index is 12.4. The zero-order chi connectivity index (χ0) is 14.0. The van der Waals surface area contributed by atoms with Crippen LogP contribution in [0.2, 0.25) is 0 Å². The lowest BCUT2D eigenvalue weighted by Gasteiger charge is -2.21. The molecule has 0 spiro atoms. The minimum atomic E-state index is -0.0938. The molecule has 0 aromatic heterocycles. The summed E-state index contributed by atoms with van der Waals surface area (Å²) in [6.45, 7) is 4.82. The highest BCUT2D eigenvalue weighted by Gasteiger charge is 2.34. The predicted molar refractivity (Wildman–Crippen MR) is 79.7 cm³/mol. The van der Waals surface area contributed by atoms with Crippen LogP contribution in [0, 0.1) is 0 Å². The first-order valence-corrected chi connectivity index (χ1v) is 7.23. The normalized spacial score (nSPS) is 19.3. The molecule has 1 aliphatic rings. The Morgan fingerprint density at radius 1 is 1.47 bits per heavy atom. The lowest BCUT2D eigenvalue weighted by atomic mass is 10.2. The van der Waals surface area contributed by atoms with Crippen LogP contribution in [-0.4, -0.2) is 31.6 Å². The van der Waals surface area contributed by atoms with Crippen molar-refractivity contribution in [2.45, 2.75) is 32.4 Å². The monoisotopic (exact) mass is 326 g/mol. The van der Waals surface area contributed by atoms with Gasteiger partial charge in [-0.05, 0) is 24.6 Å². The molecule has 1 aromatic rings. The van der Waals surface area contributed by atoms with Gasteiger partial charge in [-0.25, -0.2) is 0 Å². The molecule has 19 heavy (non-hydrogen) atoms. The van der Waals surface area contributed by atoms with Gasteiger partial charge in [0.25, 0.3) is 0 Å². The van der Waals surface area contributed by atoms with Crippen molar-refractivity contribution in [1.29, 1.82) is 0 Å². The summed E-state index contributed by atoms with van der Waals surface area (Å²) in [5.74, 6) is 0.840. The number of carbonyl (C=O) groups excluding carboxylic acids is 1. The van der Waals surface area contributed by atoms with Gasteiger partial charge in [0, 0.05) is 17.1 Å². The van der Waals surface area contributed by atoms with Gasteiger partial charge in [-0.3, -0.25) is 4.79 Å². The molecule has 1 unspecified atom stereocenters. The molecule has 0 aliphatic carbocycles. The molecule has 0 saturated carbocycles. The third kappa shape index (κ3) is 3.09. The lowest BCUT2D eigenvalue weighted by molar-refractivity contribution is -0.119. The van der Waals surface area contributed by atoms with Gasteiger partial charge in [0.1, 0.15) is 5.75 Å². The van der Waals surface area contributed by atoms with E-state index in [1.54, 1.807) is 12.0 Å². The molecule has 0 bridgehead atoms. The minimum Gasteiger partial charge on any atom is -0.495 e. The Labute approximate surface area is 122 Å². The molecule has 5 heteroatoms. The number of ether oxygens (including phenoxy) is 1. The molecule has 4 nitrogen and oxygen atoms in total. The van der Waals surface area contributed by atoms with Crippen molar-refractivity contribution in [1.82, 2.24) is 5.32 Å². The maximum Gasteiger partial charge on any atom is 0.244 e. The second kappa shape index (κ2) is 5.92. The summed E-state index contributed by atoms with van der Waals surface area (Å²) in [5.41, 5.74) is 0.829. The number of halogens is 1. The van der Waals surface area contributed by atoms with Gasteiger partial charge in [-0.1, -0.05) is 29.8 Å². The Morgan fingerprint density at radius 2 is 2.21 bits per heavy atom. The first kappa shape index (κ1) is 14.3. The van der Waals surface area contributed by atoms with Crippen molar-refractivity contribution in [2.24, 2.45) is 0 Å². The topological polar surface area (TPSA) is 41.6 Å². The molecule has 1 aliphatic heterocycles. The van der Waals surface area contributed by atoms with Crippen LogP contribution in [0.25, 0.3) is 0 Å². The van der Waals surface area contributed by atoms with Crippen LogP contribution in [0.4, 0.5) is 5.69 Å². The predicted octanol–water partition coefficient (Wildman–Crippen LogP) is 2.56. The Hall–Kier alpha value is -1.07. The summed E-state index contributed by atoms with van der Waals surface area (Å²) in [4.78, 5) is 14.2. The van der Waals surface area contributed by atoms with E-state index in [4.69, 9.17) is 4.74 Å². The molecule has 1 saturated heterocycles. The fourth-order valence-electron chi connectivity index (χ4n) is 2.35. The van der Waals surface area contributed by atoms with Crippen LogP contribution in [-0.2, 0) is 4.79 Å². The lowest BCUT2D eigenvalue weighted by Crippen LogP contribution is -2.41. The first-order chi connectivity index (χ1) is 9.02. The van der Waals surface area contributed by atoms with Gasteiger partial charge in [-0.15, -0.1) is 0 Å². The van der Waals surface area contributed by atoms with Crippen LogP contribution in [0.3, 0.4) is 0 Å². The number of nitrogens with zero attached hydrogens (tertiary/aromatic N) is 1. The number of anilines is 1. The smallest absolute Gasteiger partial charge is 0.244 e. The zero-order valence-corrected chi connectivity index (χ0v) is 13.0. The summed E-state index contributed by atoms with van der Waals surface area (Å²) in [6, 6.07) is 5.92. The molecule has 1 amide bonds. The molecule has 1 aromatic carbocycles. The summed E-state index contributed by atoms with van der Waals surface area (Å²) in [7, 11) is 1.62. The molecule has 0 radical (unpaired) electrons. The average Bonchev–Trinajstić information content (AvgIpc) is 2.70.